The SMILES string of the molecule is CC(=O)OC[C@@H](C)[C@@H]1CC[C@]2(C)C3C1O[S@](=O)O[C@]3(C)CC[C@H]2OC(C)=O. The van der Waals surface area contributed by atoms with Gasteiger partial charge >= 0.3 is 23.3 Å². The molecule has 2 unspecified atom stereocenters. The number of ether oxygens (including phenoxy) is 2. The highest BCUT2D eigenvalue weighted by molar-refractivity contribution is 7.75. The fourth-order valence-corrected chi connectivity index (χ4v) is 6.56. The third-order valence-electron chi connectivity index (χ3n) is 6.81. The predicted octanol–water partition coefficient (Wildman–Crippen LogP) is 2.70. The molecular formula is C19H30O7S. The summed E-state index contributed by atoms with van der Waals surface area (Å²) >= 11 is -1.81. The summed E-state index contributed by atoms with van der Waals surface area (Å²) in [6.45, 7) is 9.29. The fraction of sp³-hybridized carbons (Fsp3) is 0.895. The van der Waals surface area contributed by atoms with E-state index in [9.17, 15) is 13.8 Å². The fourth-order valence-electron chi connectivity index (χ4n) is 5.59. The predicted molar refractivity (Wildman–Crippen MR) is 97.4 cm³/mol. The number of carbonyl (C=O) groups is 2. The second-order valence-electron chi connectivity index (χ2n) is 8.76. The maximum Gasteiger partial charge on any atom is 0.305 e. The van der Waals surface area contributed by atoms with E-state index < -0.39 is 17.0 Å². The first-order chi connectivity index (χ1) is 12.6. The molecule has 3 rings (SSSR count). The van der Waals surface area contributed by atoms with Gasteiger partial charge in [0.15, 0.2) is 0 Å². The molecule has 154 valence electrons. The van der Waals surface area contributed by atoms with E-state index in [2.05, 4.69) is 6.92 Å². The summed E-state index contributed by atoms with van der Waals surface area (Å²) in [5, 5.41) is 0. The van der Waals surface area contributed by atoms with Gasteiger partial charge in [0.25, 0.3) is 0 Å². The van der Waals surface area contributed by atoms with E-state index in [4.69, 9.17) is 17.8 Å². The van der Waals surface area contributed by atoms with Crippen molar-refractivity contribution in [3.63, 3.8) is 0 Å². The molecule has 0 N–H and O–H groups in total. The van der Waals surface area contributed by atoms with Crippen LogP contribution in [0.2, 0.25) is 0 Å². The normalized spacial score (nSPS) is 44.7. The van der Waals surface area contributed by atoms with Gasteiger partial charge < -0.3 is 9.47 Å². The van der Waals surface area contributed by atoms with Crippen molar-refractivity contribution in [2.45, 2.75) is 78.1 Å². The minimum Gasteiger partial charge on any atom is -0.466 e. The smallest absolute Gasteiger partial charge is 0.305 e. The summed E-state index contributed by atoms with van der Waals surface area (Å²) in [6, 6.07) is 0. The Labute approximate surface area is 163 Å². The molecule has 0 aromatic heterocycles. The lowest BCUT2D eigenvalue weighted by atomic mass is 9.50. The van der Waals surface area contributed by atoms with Crippen LogP contribution in [0.3, 0.4) is 0 Å². The average molecular weight is 403 g/mol. The summed E-state index contributed by atoms with van der Waals surface area (Å²) in [6.07, 6.45) is 2.50. The minimum absolute atomic E-state index is 0.0562. The van der Waals surface area contributed by atoms with Crippen LogP contribution in [0.5, 0.6) is 0 Å². The molecule has 3 aliphatic rings. The van der Waals surface area contributed by atoms with Gasteiger partial charge in [0, 0.05) is 25.2 Å². The molecule has 0 aromatic carbocycles. The number of rotatable bonds is 4. The van der Waals surface area contributed by atoms with Crippen molar-refractivity contribution < 1.29 is 31.6 Å². The van der Waals surface area contributed by atoms with Crippen molar-refractivity contribution >= 4 is 23.3 Å². The van der Waals surface area contributed by atoms with E-state index in [1.165, 1.54) is 13.8 Å². The maximum absolute atomic E-state index is 12.3. The highest BCUT2D eigenvalue weighted by Gasteiger charge is 2.65. The molecule has 1 saturated heterocycles. The molecule has 3 fully saturated rings. The van der Waals surface area contributed by atoms with Crippen LogP contribution in [0, 0.1) is 23.2 Å². The van der Waals surface area contributed by atoms with Crippen LogP contribution in [-0.4, -0.2) is 40.6 Å². The Bertz CT molecular complexity index is 638. The van der Waals surface area contributed by atoms with Gasteiger partial charge in [-0.1, -0.05) is 13.8 Å². The van der Waals surface area contributed by atoms with Crippen molar-refractivity contribution in [3.05, 3.63) is 0 Å². The third-order valence-corrected chi connectivity index (χ3v) is 7.71. The van der Waals surface area contributed by atoms with E-state index in [-0.39, 0.29) is 47.3 Å². The van der Waals surface area contributed by atoms with Gasteiger partial charge in [-0.15, -0.1) is 0 Å². The van der Waals surface area contributed by atoms with Gasteiger partial charge in [-0.3, -0.25) is 18.0 Å². The lowest BCUT2D eigenvalue weighted by Crippen LogP contribution is -2.67. The van der Waals surface area contributed by atoms with Gasteiger partial charge in [-0.2, -0.15) is 4.21 Å². The number of hydrogen-bond donors (Lipinski definition) is 0. The zero-order chi connectivity index (χ0) is 20.0. The van der Waals surface area contributed by atoms with E-state index in [0.29, 0.717) is 19.4 Å². The molecule has 8 heteroatoms. The van der Waals surface area contributed by atoms with Gasteiger partial charge in [0.05, 0.1) is 18.3 Å². The molecule has 1 aliphatic heterocycles. The van der Waals surface area contributed by atoms with E-state index in [0.717, 1.165) is 12.8 Å². The molecule has 0 aromatic rings. The quantitative estimate of drug-likeness (QED) is 0.668. The molecule has 0 radical (unpaired) electrons. The molecule has 2 aliphatic carbocycles. The largest absolute Gasteiger partial charge is 0.466 e. The van der Waals surface area contributed by atoms with Crippen molar-refractivity contribution in [2.75, 3.05) is 6.61 Å². The maximum atomic E-state index is 12.3. The highest BCUT2D eigenvalue weighted by Crippen LogP contribution is 2.61. The first kappa shape index (κ1) is 20.7. The summed E-state index contributed by atoms with van der Waals surface area (Å²) in [4.78, 5) is 22.8. The Balaban J connectivity index is 1.91. The van der Waals surface area contributed by atoms with Crippen molar-refractivity contribution in [1.82, 2.24) is 0 Å². The molecular weight excluding hydrogens is 372 g/mol. The average Bonchev–Trinajstić information content (AvgIpc) is 2.54. The Hall–Kier alpha value is -0.990. The summed E-state index contributed by atoms with van der Waals surface area (Å²) in [7, 11) is 0. The lowest BCUT2D eigenvalue weighted by Gasteiger charge is -2.62. The van der Waals surface area contributed by atoms with Crippen molar-refractivity contribution in [1.29, 1.82) is 0 Å². The van der Waals surface area contributed by atoms with Gasteiger partial charge in [-0.05, 0) is 44.4 Å². The molecule has 0 amide bonds. The summed E-state index contributed by atoms with van der Waals surface area (Å²) in [5.41, 5.74) is -0.912. The Morgan fingerprint density at radius 1 is 1.19 bits per heavy atom. The topological polar surface area (TPSA) is 88.1 Å². The third kappa shape index (κ3) is 3.80. The number of esters is 2. The van der Waals surface area contributed by atoms with Gasteiger partial charge in [-0.25, -0.2) is 0 Å². The summed E-state index contributed by atoms with van der Waals surface area (Å²) < 4.78 is 34.8. The van der Waals surface area contributed by atoms with E-state index >= 15 is 0 Å². The van der Waals surface area contributed by atoms with Crippen LogP contribution in [0.15, 0.2) is 0 Å². The van der Waals surface area contributed by atoms with Crippen LogP contribution < -0.4 is 0 Å². The van der Waals surface area contributed by atoms with Gasteiger partial charge in [0.1, 0.15) is 6.10 Å². The van der Waals surface area contributed by atoms with E-state index in [1.807, 2.05) is 13.8 Å². The molecule has 2 saturated carbocycles. The van der Waals surface area contributed by atoms with Crippen LogP contribution in [0.25, 0.3) is 0 Å². The van der Waals surface area contributed by atoms with Crippen molar-refractivity contribution in [2.24, 2.45) is 23.2 Å². The Kier molecular flexibility index (Phi) is 5.72. The Morgan fingerprint density at radius 2 is 1.89 bits per heavy atom. The highest BCUT2D eigenvalue weighted by atomic mass is 32.2. The first-order valence-corrected chi connectivity index (χ1v) is 10.7. The lowest BCUT2D eigenvalue weighted by molar-refractivity contribution is -0.232. The molecule has 0 spiro atoms. The standard InChI is InChI=1S/C19H30O7S/c1-11(10-23-12(2)20)14-6-8-18(4)15(24-13(3)21)7-9-19(5)17(18)16(14)25-27(22)26-19/h11,14-17H,6-10H2,1-5H3/t11-,14+,15-,16?,17?,18+,19-,27+/m1/s1. The monoisotopic (exact) mass is 402 g/mol. The van der Waals surface area contributed by atoms with Crippen LogP contribution in [0.4, 0.5) is 0 Å². The van der Waals surface area contributed by atoms with Crippen molar-refractivity contribution in [3.8, 4) is 0 Å². The van der Waals surface area contributed by atoms with Crippen LogP contribution in [-0.2, 0) is 38.8 Å². The van der Waals surface area contributed by atoms with Crippen LogP contribution >= 0.6 is 0 Å². The molecule has 8 atom stereocenters. The Morgan fingerprint density at radius 3 is 2.52 bits per heavy atom. The number of carbonyl (C=O) groups excluding carboxylic acids is 2. The minimum atomic E-state index is -1.81. The molecule has 0 bridgehead atoms. The molecule has 1 heterocycles. The molecule has 7 nitrogen and oxygen atoms in total. The molecule has 27 heavy (non-hydrogen) atoms. The van der Waals surface area contributed by atoms with Crippen LogP contribution in [0.1, 0.15) is 60.3 Å². The van der Waals surface area contributed by atoms with Gasteiger partial charge in [0.2, 0.25) is 0 Å². The summed E-state index contributed by atoms with van der Waals surface area (Å²) in [5.74, 6) is -0.494. The zero-order valence-electron chi connectivity index (χ0n) is 16.7. The zero-order valence-corrected chi connectivity index (χ0v) is 17.5. The second kappa shape index (κ2) is 7.44. The second-order valence-corrected chi connectivity index (χ2v) is 9.53. The number of hydrogen-bond acceptors (Lipinski definition) is 7. The van der Waals surface area contributed by atoms with E-state index in [1.54, 1.807) is 0 Å². The first-order valence-electron chi connectivity index (χ1n) is 9.66.